The van der Waals surface area contributed by atoms with E-state index in [0.29, 0.717) is 13.1 Å². The maximum atomic E-state index is 12.6. The summed E-state index contributed by atoms with van der Waals surface area (Å²) in [6.07, 6.45) is 3.92. The molecular formula is C22H36N4O2. The minimum absolute atomic E-state index is 0.0429. The molecule has 0 bridgehead atoms. The number of rotatable bonds is 10. The number of piperazine rings is 1. The molecule has 1 fully saturated rings. The van der Waals surface area contributed by atoms with Crippen molar-refractivity contribution in [2.45, 2.75) is 46.5 Å². The maximum Gasteiger partial charge on any atom is 0.238 e. The highest BCUT2D eigenvalue weighted by atomic mass is 16.2. The summed E-state index contributed by atoms with van der Waals surface area (Å²) < 4.78 is 0. The van der Waals surface area contributed by atoms with E-state index in [4.69, 9.17) is 0 Å². The zero-order valence-corrected chi connectivity index (χ0v) is 17.7. The van der Waals surface area contributed by atoms with Crippen molar-refractivity contribution in [2.75, 3.05) is 51.1 Å². The van der Waals surface area contributed by atoms with Gasteiger partial charge in [0.1, 0.15) is 0 Å². The van der Waals surface area contributed by atoms with Gasteiger partial charge in [-0.1, -0.05) is 45.4 Å². The topological polar surface area (TPSA) is 64.7 Å². The van der Waals surface area contributed by atoms with Gasteiger partial charge >= 0.3 is 0 Å². The number of unbranched alkanes of at least 4 members (excludes halogenated alkanes) is 1. The Morgan fingerprint density at radius 1 is 0.893 bits per heavy atom. The highest BCUT2D eigenvalue weighted by molar-refractivity contribution is 5.93. The molecule has 2 N–H and O–H groups in total. The van der Waals surface area contributed by atoms with Gasteiger partial charge < -0.3 is 10.6 Å². The first-order valence-electron chi connectivity index (χ1n) is 10.7. The van der Waals surface area contributed by atoms with Gasteiger partial charge in [-0.25, -0.2) is 0 Å². The Morgan fingerprint density at radius 3 is 1.93 bits per heavy atom. The quantitative estimate of drug-likeness (QED) is 0.604. The molecule has 1 aliphatic heterocycles. The Bertz CT molecular complexity index is 617. The Morgan fingerprint density at radius 2 is 1.43 bits per heavy atom. The van der Waals surface area contributed by atoms with Gasteiger partial charge in [-0.2, -0.15) is 0 Å². The molecule has 6 heteroatoms. The molecule has 0 atom stereocenters. The van der Waals surface area contributed by atoms with Crippen LogP contribution in [0.2, 0.25) is 0 Å². The Kier molecular flexibility index (Phi) is 9.44. The van der Waals surface area contributed by atoms with E-state index in [1.54, 1.807) is 0 Å². The standard InChI is InChI=1S/C22H36N4O2/c1-4-7-11-23-20(27)16-25-12-14-26(15-13-25)17-21(28)24-22-18(5-2)9-8-10-19(22)6-3/h8-10H,4-7,11-17H2,1-3H3,(H,23,27)(H,24,28). The second kappa shape index (κ2) is 11.8. The number of amides is 2. The second-order valence-corrected chi connectivity index (χ2v) is 7.46. The van der Waals surface area contributed by atoms with Crippen molar-refractivity contribution < 1.29 is 9.59 Å². The average Bonchev–Trinajstić information content (AvgIpc) is 2.69. The molecule has 0 unspecified atom stereocenters. The van der Waals surface area contributed by atoms with Crippen molar-refractivity contribution in [1.29, 1.82) is 0 Å². The minimum Gasteiger partial charge on any atom is -0.355 e. The lowest BCUT2D eigenvalue weighted by Gasteiger charge is -2.33. The number of aryl methyl sites for hydroxylation is 2. The first-order chi connectivity index (χ1) is 13.6. The molecule has 0 radical (unpaired) electrons. The van der Waals surface area contributed by atoms with Crippen LogP contribution in [0.3, 0.4) is 0 Å². The molecule has 6 nitrogen and oxygen atoms in total. The van der Waals surface area contributed by atoms with Gasteiger partial charge in [-0.15, -0.1) is 0 Å². The van der Waals surface area contributed by atoms with E-state index in [1.165, 1.54) is 11.1 Å². The fourth-order valence-electron chi connectivity index (χ4n) is 3.55. The van der Waals surface area contributed by atoms with Crippen molar-refractivity contribution >= 4 is 17.5 Å². The Hall–Kier alpha value is -1.92. The first-order valence-corrected chi connectivity index (χ1v) is 10.7. The van der Waals surface area contributed by atoms with E-state index >= 15 is 0 Å². The lowest BCUT2D eigenvalue weighted by Crippen LogP contribution is -2.51. The Labute approximate surface area is 169 Å². The van der Waals surface area contributed by atoms with Crippen LogP contribution in [-0.4, -0.2) is 67.4 Å². The largest absolute Gasteiger partial charge is 0.355 e. The number of benzene rings is 1. The van der Waals surface area contributed by atoms with E-state index in [0.717, 1.165) is 64.1 Å². The third-order valence-electron chi connectivity index (χ3n) is 5.32. The molecule has 1 saturated heterocycles. The van der Waals surface area contributed by atoms with Crippen LogP contribution in [0.25, 0.3) is 0 Å². The predicted octanol–water partition coefficient (Wildman–Crippen LogP) is 2.28. The van der Waals surface area contributed by atoms with Crippen LogP contribution >= 0.6 is 0 Å². The zero-order valence-electron chi connectivity index (χ0n) is 17.7. The lowest BCUT2D eigenvalue weighted by atomic mass is 10.0. The normalized spacial score (nSPS) is 15.4. The molecule has 1 aliphatic rings. The van der Waals surface area contributed by atoms with Gasteiger partial charge in [0, 0.05) is 38.4 Å². The van der Waals surface area contributed by atoms with E-state index in [2.05, 4.69) is 59.4 Å². The highest BCUT2D eigenvalue weighted by Crippen LogP contribution is 2.22. The molecule has 0 saturated carbocycles. The van der Waals surface area contributed by atoms with Crippen LogP contribution in [-0.2, 0) is 22.4 Å². The molecule has 0 aliphatic carbocycles. The molecule has 2 amide bonds. The molecule has 0 spiro atoms. The summed E-state index contributed by atoms with van der Waals surface area (Å²) in [5.74, 6) is 0.143. The fourth-order valence-corrected chi connectivity index (χ4v) is 3.55. The number of nitrogens with one attached hydrogen (secondary N) is 2. The summed E-state index contributed by atoms with van der Waals surface area (Å²) in [7, 11) is 0. The summed E-state index contributed by atoms with van der Waals surface area (Å²) in [6, 6.07) is 6.23. The second-order valence-electron chi connectivity index (χ2n) is 7.46. The van der Waals surface area contributed by atoms with Crippen LogP contribution in [0.4, 0.5) is 5.69 Å². The van der Waals surface area contributed by atoms with E-state index in [1.807, 2.05) is 0 Å². The molecule has 28 heavy (non-hydrogen) atoms. The first kappa shape index (κ1) is 22.4. The van der Waals surface area contributed by atoms with Gasteiger partial charge in [0.05, 0.1) is 13.1 Å². The van der Waals surface area contributed by atoms with Crippen LogP contribution in [0, 0.1) is 0 Å². The SMILES string of the molecule is CCCCNC(=O)CN1CCN(CC(=O)Nc2c(CC)cccc2CC)CC1. The van der Waals surface area contributed by atoms with E-state index in [9.17, 15) is 9.59 Å². The number of carbonyl (C=O) groups is 2. The van der Waals surface area contributed by atoms with Crippen molar-refractivity contribution in [2.24, 2.45) is 0 Å². The maximum absolute atomic E-state index is 12.6. The van der Waals surface area contributed by atoms with Crippen LogP contribution < -0.4 is 10.6 Å². The van der Waals surface area contributed by atoms with Crippen molar-refractivity contribution in [3.05, 3.63) is 29.3 Å². The fraction of sp³-hybridized carbons (Fsp3) is 0.636. The molecule has 156 valence electrons. The molecule has 1 aromatic rings. The van der Waals surface area contributed by atoms with Gasteiger partial charge in [0.15, 0.2) is 0 Å². The van der Waals surface area contributed by atoms with Gasteiger partial charge in [0.25, 0.3) is 0 Å². The minimum atomic E-state index is 0.0429. The zero-order chi connectivity index (χ0) is 20.4. The van der Waals surface area contributed by atoms with Gasteiger partial charge in [-0.05, 0) is 30.4 Å². The summed E-state index contributed by atoms with van der Waals surface area (Å²) >= 11 is 0. The molecule has 1 heterocycles. The monoisotopic (exact) mass is 388 g/mol. The lowest BCUT2D eigenvalue weighted by molar-refractivity contribution is -0.123. The van der Waals surface area contributed by atoms with Crippen LogP contribution in [0.5, 0.6) is 0 Å². The smallest absolute Gasteiger partial charge is 0.238 e. The van der Waals surface area contributed by atoms with Crippen molar-refractivity contribution in [3.63, 3.8) is 0 Å². The highest BCUT2D eigenvalue weighted by Gasteiger charge is 2.21. The van der Waals surface area contributed by atoms with E-state index in [-0.39, 0.29) is 11.8 Å². The summed E-state index contributed by atoms with van der Waals surface area (Å²) in [4.78, 5) is 28.9. The summed E-state index contributed by atoms with van der Waals surface area (Å²) in [5, 5.41) is 6.11. The van der Waals surface area contributed by atoms with Crippen LogP contribution in [0.1, 0.15) is 44.7 Å². The van der Waals surface area contributed by atoms with Crippen LogP contribution in [0.15, 0.2) is 18.2 Å². The van der Waals surface area contributed by atoms with Crippen molar-refractivity contribution in [1.82, 2.24) is 15.1 Å². The molecule has 0 aromatic heterocycles. The number of carbonyl (C=O) groups excluding carboxylic acids is 2. The molecular weight excluding hydrogens is 352 g/mol. The Balaban J connectivity index is 1.77. The van der Waals surface area contributed by atoms with Gasteiger partial charge in [0.2, 0.25) is 11.8 Å². The number of anilines is 1. The number of hydrogen-bond acceptors (Lipinski definition) is 4. The average molecular weight is 389 g/mol. The molecule has 1 aromatic carbocycles. The number of nitrogens with zero attached hydrogens (tertiary/aromatic N) is 2. The van der Waals surface area contributed by atoms with Gasteiger partial charge in [-0.3, -0.25) is 19.4 Å². The third kappa shape index (κ3) is 6.91. The summed E-state index contributed by atoms with van der Waals surface area (Å²) in [6.45, 7) is 11.2. The number of hydrogen-bond donors (Lipinski definition) is 2. The molecule has 2 rings (SSSR count). The van der Waals surface area contributed by atoms with Crippen molar-refractivity contribution in [3.8, 4) is 0 Å². The van der Waals surface area contributed by atoms with E-state index < -0.39 is 0 Å². The summed E-state index contributed by atoms with van der Waals surface area (Å²) in [5.41, 5.74) is 3.36. The number of para-hydroxylation sites is 1. The third-order valence-corrected chi connectivity index (χ3v) is 5.32. The predicted molar refractivity (Wildman–Crippen MR) is 115 cm³/mol.